The first-order valence-corrected chi connectivity index (χ1v) is 5.49. The van der Waals surface area contributed by atoms with Gasteiger partial charge in [0.05, 0.1) is 12.2 Å². The molecule has 2 heterocycles. The van der Waals surface area contributed by atoms with Gasteiger partial charge in [0.1, 0.15) is 5.78 Å². The van der Waals surface area contributed by atoms with Crippen LogP contribution in [0.1, 0.15) is 39.0 Å². The molecule has 0 aromatic rings. The minimum atomic E-state index is 0.202. The molecule has 14 heavy (non-hydrogen) atoms. The Bertz CT molecular complexity index is 257. The van der Waals surface area contributed by atoms with Crippen LogP contribution in [0.15, 0.2) is 12.2 Å². The maximum absolute atomic E-state index is 11.8. The van der Waals surface area contributed by atoms with E-state index in [9.17, 15) is 4.79 Å². The van der Waals surface area contributed by atoms with E-state index in [4.69, 9.17) is 4.74 Å². The molecular formula is C12H18O2. The Labute approximate surface area is 85.3 Å². The predicted molar refractivity (Wildman–Crippen MR) is 55.1 cm³/mol. The molecule has 2 saturated heterocycles. The molecule has 2 aliphatic rings. The molecule has 78 valence electrons. The van der Waals surface area contributed by atoms with Gasteiger partial charge in [0.15, 0.2) is 0 Å². The van der Waals surface area contributed by atoms with Gasteiger partial charge < -0.3 is 4.74 Å². The zero-order chi connectivity index (χ0) is 10.1. The van der Waals surface area contributed by atoms with Crippen LogP contribution in [0, 0.1) is 5.92 Å². The van der Waals surface area contributed by atoms with Crippen LogP contribution in [0.2, 0.25) is 0 Å². The van der Waals surface area contributed by atoms with Crippen LogP contribution in [0.25, 0.3) is 0 Å². The van der Waals surface area contributed by atoms with Crippen molar-refractivity contribution in [1.82, 2.24) is 0 Å². The van der Waals surface area contributed by atoms with Gasteiger partial charge in [-0.3, -0.25) is 4.79 Å². The van der Waals surface area contributed by atoms with E-state index in [1.807, 2.05) is 6.92 Å². The molecule has 3 atom stereocenters. The number of carbonyl (C=O) groups excluding carboxylic acids is 1. The number of ketones is 1. The van der Waals surface area contributed by atoms with E-state index in [1.165, 1.54) is 0 Å². The van der Waals surface area contributed by atoms with E-state index in [2.05, 4.69) is 6.58 Å². The van der Waals surface area contributed by atoms with Crippen LogP contribution in [-0.4, -0.2) is 18.0 Å². The highest BCUT2D eigenvalue weighted by molar-refractivity contribution is 5.82. The molecule has 0 radical (unpaired) electrons. The Morgan fingerprint density at radius 1 is 1.43 bits per heavy atom. The molecule has 2 heteroatoms. The number of fused-ring (bicyclic) bond motifs is 2. The largest absolute Gasteiger partial charge is 0.374 e. The molecule has 0 saturated carbocycles. The highest BCUT2D eigenvalue weighted by Crippen LogP contribution is 2.39. The highest BCUT2D eigenvalue weighted by Gasteiger charge is 2.43. The van der Waals surface area contributed by atoms with E-state index >= 15 is 0 Å². The van der Waals surface area contributed by atoms with E-state index in [0.29, 0.717) is 18.3 Å². The molecule has 0 N–H and O–H groups in total. The van der Waals surface area contributed by atoms with Crippen molar-refractivity contribution in [3.63, 3.8) is 0 Å². The third kappa shape index (κ3) is 1.90. The van der Waals surface area contributed by atoms with Gasteiger partial charge in [-0.25, -0.2) is 0 Å². The van der Waals surface area contributed by atoms with Gasteiger partial charge in [-0.05, 0) is 32.6 Å². The maximum atomic E-state index is 11.8. The first kappa shape index (κ1) is 9.91. The fraction of sp³-hybridized carbons (Fsp3) is 0.750. The minimum absolute atomic E-state index is 0.202. The van der Waals surface area contributed by atoms with E-state index in [-0.39, 0.29) is 12.0 Å². The molecule has 0 aliphatic carbocycles. The molecule has 2 aliphatic heterocycles. The van der Waals surface area contributed by atoms with Crippen LogP contribution in [0.3, 0.4) is 0 Å². The van der Waals surface area contributed by atoms with Gasteiger partial charge in [-0.1, -0.05) is 5.57 Å². The van der Waals surface area contributed by atoms with Crippen molar-refractivity contribution >= 4 is 5.78 Å². The quantitative estimate of drug-likeness (QED) is 0.643. The Kier molecular flexibility index (Phi) is 2.73. The molecular weight excluding hydrogens is 176 g/mol. The van der Waals surface area contributed by atoms with Crippen molar-refractivity contribution in [2.45, 2.75) is 51.2 Å². The molecule has 0 amide bonds. The summed E-state index contributed by atoms with van der Waals surface area (Å²) >= 11 is 0. The first-order chi connectivity index (χ1) is 6.66. The number of rotatable bonds is 4. The average Bonchev–Trinajstić information content (AvgIpc) is 2.74. The predicted octanol–water partition coefficient (Wildman–Crippen LogP) is 2.48. The lowest BCUT2D eigenvalue weighted by Gasteiger charge is -2.16. The molecule has 0 aromatic heterocycles. The second-order valence-corrected chi connectivity index (χ2v) is 4.64. The fourth-order valence-electron chi connectivity index (χ4n) is 2.50. The SMILES string of the molecule is C=C(C)CCC(=O)C1CC2CCC1O2. The average molecular weight is 194 g/mol. The molecule has 2 fully saturated rings. The molecule has 2 rings (SSSR count). The summed E-state index contributed by atoms with van der Waals surface area (Å²) in [4.78, 5) is 11.8. The Morgan fingerprint density at radius 3 is 2.71 bits per heavy atom. The van der Waals surface area contributed by atoms with E-state index in [0.717, 1.165) is 31.3 Å². The lowest BCUT2D eigenvalue weighted by molar-refractivity contribution is -0.124. The third-order valence-corrected chi connectivity index (χ3v) is 3.32. The smallest absolute Gasteiger partial charge is 0.138 e. The van der Waals surface area contributed by atoms with Gasteiger partial charge in [0, 0.05) is 12.3 Å². The molecule has 0 aromatic carbocycles. The van der Waals surface area contributed by atoms with Crippen LogP contribution < -0.4 is 0 Å². The number of allylic oxidation sites excluding steroid dienone is 1. The Balaban J connectivity index is 1.84. The van der Waals surface area contributed by atoms with Gasteiger partial charge in [0.2, 0.25) is 0 Å². The van der Waals surface area contributed by atoms with Crippen LogP contribution in [0.5, 0.6) is 0 Å². The Morgan fingerprint density at radius 2 is 2.21 bits per heavy atom. The van der Waals surface area contributed by atoms with E-state index < -0.39 is 0 Å². The number of carbonyl (C=O) groups is 1. The summed E-state index contributed by atoms with van der Waals surface area (Å²) in [7, 11) is 0. The third-order valence-electron chi connectivity index (χ3n) is 3.32. The van der Waals surface area contributed by atoms with Crippen molar-refractivity contribution in [2.75, 3.05) is 0 Å². The van der Waals surface area contributed by atoms with Crippen molar-refractivity contribution in [3.8, 4) is 0 Å². The van der Waals surface area contributed by atoms with Gasteiger partial charge in [0.25, 0.3) is 0 Å². The summed E-state index contributed by atoms with van der Waals surface area (Å²) in [6, 6.07) is 0. The summed E-state index contributed by atoms with van der Waals surface area (Å²) < 4.78 is 5.67. The lowest BCUT2D eigenvalue weighted by atomic mass is 9.84. The number of hydrogen-bond acceptors (Lipinski definition) is 2. The molecule has 2 nitrogen and oxygen atoms in total. The topological polar surface area (TPSA) is 26.3 Å². The highest BCUT2D eigenvalue weighted by atomic mass is 16.5. The summed E-state index contributed by atoms with van der Waals surface area (Å²) in [5, 5.41) is 0. The first-order valence-electron chi connectivity index (χ1n) is 5.49. The monoisotopic (exact) mass is 194 g/mol. The van der Waals surface area contributed by atoms with Gasteiger partial charge in [-0.15, -0.1) is 6.58 Å². The summed E-state index contributed by atoms with van der Waals surface area (Å²) in [5.74, 6) is 0.591. The van der Waals surface area contributed by atoms with Crippen molar-refractivity contribution in [2.24, 2.45) is 5.92 Å². The zero-order valence-electron chi connectivity index (χ0n) is 8.79. The van der Waals surface area contributed by atoms with Gasteiger partial charge in [-0.2, -0.15) is 0 Å². The van der Waals surface area contributed by atoms with Crippen LogP contribution >= 0.6 is 0 Å². The van der Waals surface area contributed by atoms with Crippen LogP contribution in [0.4, 0.5) is 0 Å². The van der Waals surface area contributed by atoms with Crippen molar-refractivity contribution in [3.05, 3.63) is 12.2 Å². The minimum Gasteiger partial charge on any atom is -0.374 e. The number of ether oxygens (including phenoxy) is 1. The maximum Gasteiger partial charge on any atom is 0.138 e. The molecule has 2 bridgehead atoms. The second-order valence-electron chi connectivity index (χ2n) is 4.64. The summed E-state index contributed by atoms with van der Waals surface area (Å²) in [6.07, 6.45) is 5.36. The molecule has 0 spiro atoms. The number of hydrogen-bond donors (Lipinski definition) is 0. The normalized spacial score (nSPS) is 34.8. The number of Topliss-reactive ketones (excluding diaryl/α,β-unsaturated/α-hetero) is 1. The zero-order valence-corrected chi connectivity index (χ0v) is 8.79. The van der Waals surface area contributed by atoms with Crippen LogP contribution in [-0.2, 0) is 9.53 Å². The Hall–Kier alpha value is -0.630. The van der Waals surface area contributed by atoms with Crippen molar-refractivity contribution in [1.29, 1.82) is 0 Å². The standard InChI is InChI=1S/C12H18O2/c1-8(2)3-5-11(13)10-7-9-4-6-12(10)14-9/h9-10,12H,1,3-7H2,2H3. The summed E-state index contributed by atoms with van der Waals surface area (Å²) in [5.41, 5.74) is 1.10. The summed E-state index contributed by atoms with van der Waals surface area (Å²) in [6.45, 7) is 5.79. The van der Waals surface area contributed by atoms with E-state index in [1.54, 1.807) is 0 Å². The van der Waals surface area contributed by atoms with Gasteiger partial charge >= 0.3 is 0 Å². The van der Waals surface area contributed by atoms with Crippen molar-refractivity contribution < 1.29 is 9.53 Å². The fourth-order valence-corrected chi connectivity index (χ4v) is 2.50. The molecule has 3 unspecified atom stereocenters. The second kappa shape index (κ2) is 3.85. The lowest BCUT2D eigenvalue weighted by Crippen LogP contribution is -2.25.